The molecule has 0 saturated carbocycles. The molecule has 0 aromatic carbocycles. The third kappa shape index (κ3) is 1.64. The van der Waals surface area contributed by atoms with Gasteiger partial charge in [0.2, 0.25) is 0 Å². The summed E-state index contributed by atoms with van der Waals surface area (Å²) in [5.41, 5.74) is 0. The zero-order chi connectivity index (χ0) is 8.27. The molecule has 0 aromatic rings. The van der Waals surface area contributed by atoms with Gasteiger partial charge in [0, 0.05) is 7.05 Å². The number of amides is 1. The number of hydrogen-bond donors (Lipinski definition) is 1. The molecule has 11 heavy (non-hydrogen) atoms. The van der Waals surface area contributed by atoms with E-state index in [0.29, 0.717) is 0 Å². The van der Waals surface area contributed by atoms with Crippen molar-refractivity contribution in [2.75, 3.05) is 7.05 Å². The lowest BCUT2D eigenvalue weighted by molar-refractivity contribution is -0.183. The van der Waals surface area contributed by atoms with Crippen molar-refractivity contribution in [1.82, 2.24) is 10.2 Å². The number of nitrogens with zero attached hydrogens (tertiary/aromatic N) is 2. The fraction of sp³-hybridized carbons (Fsp3) is 0.167. The minimum absolute atomic E-state index is 0.917. The highest BCUT2D eigenvalue weighted by Crippen LogP contribution is 2.03. The SMILES string of the molecule is CN(C(=O)O)N1C=CC=CO1. The van der Waals surface area contributed by atoms with E-state index in [4.69, 9.17) is 9.94 Å². The molecule has 1 N–H and O–H groups in total. The summed E-state index contributed by atoms with van der Waals surface area (Å²) in [6.45, 7) is 0. The average Bonchev–Trinajstić information content (AvgIpc) is 2.05. The highest BCUT2D eigenvalue weighted by Gasteiger charge is 2.13. The summed E-state index contributed by atoms with van der Waals surface area (Å²) in [6, 6.07) is 0. The number of hydroxylamine groups is 1. The molecule has 0 atom stereocenters. The predicted octanol–water partition coefficient (Wildman–Crippen LogP) is 0.786. The quantitative estimate of drug-likeness (QED) is 0.609. The summed E-state index contributed by atoms with van der Waals surface area (Å²) >= 11 is 0. The first-order chi connectivity index (χ1) is 5.22. The van der Waals surface area contributed by atoms with Crippen LogP contribution < -0.4 is 0 Å². The largest absolute Gasteiger partial charge is 0.464 e. The van der Waals surface area contributed by atoms with Crippen molar-refractivity contribution in [2.24, 2.45) is 0 Å². The van der Waals surface area contributed by atoms with E-state index in [1.165, 1.54) is 19.5 Å². The van der Waals surface area contributed by atoms with Crippen LogP contribution in [0, 0.1) is 0 Å². The molecule has 1 heterocycles. The van der Waals surface area contributed by atoms with Crippen LogP contribution in [0.4, 0.5) is 4.79 Å². The van der Waals surface area contributed by atoms with Gasteiger partial charge in [-0.3, -0.25) is 0 Å². The Morgan fingerprint density at radius 3 is 2.82 bits per heavy atom. The van der Waals surface area contributed by atoms with Gasteiger partial charge in [-0.15, -0.1) is 5.17 Å². The highest BCUT2D eigenvalue weighted by molar-refractivity contribution is 5.63. The Morgan fingerprint density at radius 2 is 2.36 bits per heavy atom. The summed E-state index contributed by atoms with van der Waals surface area (Å²) in [7, 11) is 1.38. The number of allylic oxidation sites excluding steroid dienone is 2. The molecule has 1 rings (SSSR count). The molecule has 0 fully saturated rings. The maximum Gasteiger partial charge on any atom is 0.428 e. The zero-order valence-corrected chi connectivity index (χ0v) is 5.97. The van der Waals surface area contributed by atoms with Crippen LogP contribution in [0.25, 0.3) is 0 Å². The van der Waals surface area contributed by atoms with Crippen LogP contribution in [0.15, 0.2) is 24.6 Å². The zero-order valence-electron chi connectivity index (χ0n) is 5.97. The van der Waals surface area contributed by atoms with Gasteiger partial charge in [-0.25, -0.2) is 4.79 Å². The number of carbonyl (C=O) groups is 1. The number of carboxylic acid groups (broad SMARTS) is 1. The molecule has 0 radical (unpaired) electrons. The van der Waals surface area contributed by atoms with Crippen LogP contribution in [-0.2, 0) is 4.84 Å². The van der Waals surface area contributed by atoms with E-state index in [0.717, 1.165) is 10.2 Å². The van der Waals surface area contributed by atoms with Gasteiger partial charge >= 0.3 is 6.09 Å². The molecule has 1 amide bonds. The van der Waals surface area contributed by atoms with E-state index < -0.39 is 6.09 Å². The second-order valence-corrected chi connectivity index (χ2v) is 1.88. The Labute approximate surface area is 63.7 Å². The Balaban J connectivity index is 2.55. The maximum atomic E-state index is 10.3. The standard InChI is InChI=1S/C6H8N2O3/c1-7(6(9)10)8-4-2-3-5-11-8/h2-5H,1H3,(H,9,10). The molecular weight excluding hydrogens is 148 g/mol. The van der Waals surface area contributed by atoms with Gasteiger partial charge in [0.1, 0.15) is 6.26 Å². The van der Waals surface area contributed by atoms with Crippen LogP contribution in [0.3, 0.4) is 0 Å². The molecule has 0 saturated heterocycles. The van der Waals surface area contributed by atoms with Gasteiger partial charge in [0.25, 0.3) is 0 Å². The number of hydrogen-bond acceptors (Lipinski definition) is 3. The van der Waals surface area contributed by atoms with Crippen molar-refractivity contribution in [2.45, 2.75) is 0 Å². The lowest BCUT2D eigenvalue weighted by Gasteiger charge is -2.26. The molecule has 0 unspecified atom stereocenters. The van der Waals surface area contributed by atoms with Crippen molar-refractivity contribution >= 4 is 6.09 Å². The van der Waals surface area contributed by atoms with E-state index >= 15 is 0 Å². The monoisotopic (exact) mass is 156 g/mol. The van der Waals surface area contributed by atoms with E-state index in [1.54, 1.807) is 12.2 Å². The topological polar surface area (TPSA) is 53.0 Å². The molecule has 5 nitrogen and oxygen atoms in total. The van der Waals surface area contributed by atoms with E-state index in [-0.39, 0.29) is 0 Å². The van der Waals surface area contributed by atoms with Gasteiger partial charge in [0.05, 0.1) is 6.20 Å². The summed E-state index contributed by atoms with van der Waals surface area (Å²) < 4.78 is 0. The van der Waals surface area contributed by atoms with Crippen molar-refractivity contribution < 1.29 is 14.7 Å². The smallest absolute Gasteiger partial charge is 0.428 e. The lowest BCUT2D eigenvalue weighted by atomic mass is 10.6. The number of hydrazine groups is 1. The number of rotatable bonds is 1. The maximum absolute atomic E-state index is 10.3. The van der Waals surface area contributed by atoms with Gasteiger partial charge < -0.3 is 9.94 Å². The first kappa shape index (κ1) is 7.46. The Morgan fingerprint density at radius 1 is 1.64 bits per heavy atom. The molecule has 1 aliphatic heterocycles. The molecule has 1 aliphatic rings. The van der Waals surface area contributed by atoms with Gasteiger partial charge in [-0.2, -0.15) is 5.01 Å². The first-order valence-electron chi connectivity index (χ1n) is 2.98. The fourth-order valence-corrected chi connectivity index (χ4v) is 0.556. The average molecular weight is 156 g/mol. The molecular formula is C6H8N2O3. The van der Waals surface area contributed by atoms with Gasteiger partial charge in [-0.05, 0) is 12.2 Å². The predicted molar refractivity (Wildman–Crippen MR) is 37.0 cm³/mol. The van der Waals surface area contributed by atoms with Crippen LogP contribution in [-0.4, -0.2) is 28.4 Å². The van der Waals surface area contributed by atoms with Gasteiger partial charge in [0.15, 0.2) is 0 Å². The Kier molecular flexibility index (Phi) is 2.00. The van der Waals surface area contributed by atoms with Crippen molar-refractivity contribution in [3.63, 3.8) is 0 Å². The summed E-state index contributed by atoms with van der Waals surface area (Å²) in [4.78, 5) is 15.2. The molecule has 0 aliphatic carbocycles. The Bertz CT molecular complexity index is 212. The molecule has 60 valence electrons. The fourth-order valence-electron chi connectivity index (χ4n) is 0.556. The van der Waals surface area contributed by atoms with Crippen LogP contribution >= 0.6 is 0 Å². The summed E-state index contributed by atoms with van der Waals surface area (Å²) in [5.74, 6) is 0. The minimum Gasteiger partial charge on any atom is -0.464 e. The molecule has 5 heteroatoms. The summed E-state index contributed by atoms with van der Waals surface area (Å²) in [5, 5.41) is 10.5. The van der Waals surface area contributed by atoms with Crippen LogP contribution in [0.2, 0.25) is 0 Å². The summed E-state index contributed by atoms with van der Waals surface area (Å²) in [6.07, 6.45) is 5.13. The second kappa shape index (κ2) is 2.96. The third-order valence-electron chi connectivity index (χ3n) is 1.14. The molecule has 0 spiro atoms. The van der Waals surface area contributed by atoms with E-state index in [1.807, 2.05) is 0 Å². The second-order valence-electron chi connectivity index (χ2n) is 1.88. The lowest BCUT2D eigenvalue weighted by Crippen LogP contribution is -2.38. The van der Waals surface area contributed by atoms with E-state index in [9.17, 15) is 4.79 Å². The molecule has 0 aromatic heterocycles. The minimum atomic E-state index is -1.08. The molecule has 0 bridgehead atoms. The first-order valence-corrected chi connectivity index (χ1v) is 2.98. The third-order valence-corrected chi connectivity index (χ3v) is 1.14. The van der Waals surface area contributed by atoms with Crippen molar-refractivity contribution in [3.05, 3.63) is 24.6 Å². The van der Waals surface area contributed by atoms with Crippen molar-refractivity contribution in [1.29, 1.82) is 0 Å². The Hall–Kier alpha value is -1.65. The van der Waals surface area contributed by atoms with E-state index in [2.05, 4.69) is 0 Å². The normalized spacial score (nSPS) is 14.5. The van der Waals surface area contributed by atoms with Crippen LogP contribution in [0.5, 0.6) is 0 Å². The van der Waals surface area contributed by atoms with Crippen molar-refractivity contribution in [3.8, 4) is 0 Å². The van der Waals surface area contributed by atoms with Gasteiger partial charge in [-0.1, -0.05) is 0 Å². The highest BCUT2D eigenvalue weighted by atomic mass is 16.7. The van der Waals surface area contributed by atoms with Crippen LogP contribution in [0.1, 0.15) is 0 Å².